The van der Waals surface area contributed by atoms with E-state index in [9.17, 15) is 9.59 Å². The second kappa shape index (κ2) is 4.99. The minimum absolute atomic E-state index is 0.162. The summed E-state index contributed by atoms with van der Waals surface area (Å²) in [7, 11) is 0. The molecule has 2 rings (SSSR count). The number of rotatable bonds is 6. The molecule has 4 heteroatoms. The number of benzene rings is 1. The zero-order valence-electron chi connectivity index (χ0n) is 9.39. The van der Waals surface area contributed by atoms with E-state index in [0.717, 1.165) is 6.29 Å². The molecule has 0 aromatic heterocycles. The van der Waals surface area contributed by atoms with Crippen molar-refractivity contribution < 1.29 is 19.4 Å². The number of hydrogen-bond donors (Lipinski definition) is 1. The molecule has 0 radical (unpaired) electrons. The predicted octanol–water partition coefficient (Wildman–Crippen LogP) is 1.92. The molecule has 1 aliphatic rings. The van der Waals surface area contributed by atoms with Gasteiger partial charge in [-0.2, -0.15) is 0 Å². The largest absolute Gasteiger partial charge is 0.493 e. The van der Waals surface area contributed by atoms with Crippen molar-refractivity contribution in [3.63, 3.8) is 0 Å². The highest BCUT2D eigenvalue weighted by Crippen LogP contribution is 2.30. The summed E-state index contributed by atoms with van der Waals surface area (Å²) < 4.78 is 5.53. The van der Waals surface area contributed by atoms with E-state index in [0.29, 0.717) is 23.8 Å². The van der Waals surface area contributed by atoms with Crippen LogP contribution in [0.5, 0.6) is 5.75 Å². The number of aldehydes is 1. The van der Waals surface area contributed by atoms with Gasteiger partial charge in [-0.1, -0.05) is 0 Å². The van der Waals surface area contributed by atoms with Crippen LogP contribution in [0.1, 0.15) is 28.8 Å². The second-order valence-electron chi connectivity index (χ2n) is 4.30. The Morgan fingerprint density at radius 2 is 2.18 bits per heavy atom. The van der Waals surface area contributed by atoms with Crippen molar-refractivity contribution in [3.05, 3.63) is 29.3 Å². The minimum Gasteiger partial charge on any atom is -0.493 e. The normalized spacial score (nSPS) is 14.4. The number of ether oxygens (including phenoxy) is 1. The lowest BCUT2D eigenvalue weighted by atomic mass is 10.1. The first-order chi connectivity index (χ1) is 8.19. The number of carbonyl (C=O) groups is 2. The third kappa shape index (κ3) is 3.31. The maximum Gasteiger partial charge on any atom is 0.335 e. The van der Waals surface area contributed by atoms with Crippen molar-refractivity contribution in [1.29, 1.82) is 0 Å². The summed E-state index contributed by atoms with van der Waals surface area (Å²) in [5.41, 5.74) is 0.834. The third-order valence-electron chi connectivity index (χ3n) is 2.71. The maximum absolute atomic E-state index is 10.9. The SMILES string of the molecule is O=CCc1cc(OCC2CC2)cc(C(=O)O)c1. The molecule has 1 fully saturated rings. The molecule has 0 heterocycles. The van der Waals surface area contributed by atoms with E-state index in [4.69, 9.17) is 9.84 Å². The number of hydrogen-bond acceptors (Lipinski definition) is 3. The number of carboxylic acids is 1. The van der Waals surface area contributed by atoms with Crippen molar-refractivity contribution in [2.75, 3.05) is 6.61 Å². The summed E-state index contributed by atoms with van der Waals surface area (Å²) >= 11 is 0. The quantitative estimate of drug-likeness (QED) is 0.764. The molecule has 0 aliphatic heterocycles. The number of carboxylic acid groups (broad SMARTS) is 1. The minimum atomic E-state index is -1.01. The van der Waals surface area contributed by atoms with Gasteiger partial charge < -0.3 is 14.6 Å². The monoisotopic (exact) mass is 234 g/mol. The van der Waals surface area contributed by atoms with E-state index >= 15 is 0 Å². The predicted molar refractivity (Wildman–Crippen MR) is 61.4 cm³/mol. The van der Waals surface area contributed by atoms with Gasteiger partial charge in [-0.3, -0.25) is 0 Å². The Morgan fingerprint density at radius 1 is 1.41 bits per heavy atom. The fraction of sp³-hybridized carbons (Fsp3) is 0.385. The van der Waals surface area contributed by atoms with Crippen molar-refractivity contribution in [1.82, 2.24) is 0 Å². The van der Waals surface area contributed by atoms with Crippen LogP contribution in [0, 0.1) is 5.92 Å². The standard InChI is InChI=1S/C13H14O4/c14-4-3-10-5-11(13(15)16)7-12(6-10)17-8-9-1-2-9/h4-7,9H,1-3,8H2,(H,15,16). The Labute approximate surface area is 99.2 Å². The Hall–Kier alpha value is -1.84. The first-order valence-corrected chi connectivity index (χ1v) is 5.62. The van der Waals surface area contributed by atoms with Gasteiger partial charge in [0.25, 0.3) is 0 Å². The smallest absolute Gasteiger partial charge is 0.335 e. The number of aromatic carboxylic acids is 1. The van der Waals surface area contributed by atoms with Gasteiger partial charge in [0.1, 0.15) is 12.0 Å². The molecule has 0 atom stereocenters. The highest BCUT2D eigenvalue weighted by Gasteiger charge is 2.22. The zero-order chi connectivity index (χ0) is 12.3. The summed E-state index contributed by atoms with van der Waals surface area (Å²) in [5.74, 6) is 0.140. The van der Waals surface area contributed by atoms with Crippen LogP contribution in [-0.2, 0) is 11.2 Å². The lowest BCUT2D eigenvalue weighted by Gasteiger charge is -2.08. The molecule has 17 heavy (non-hydrogen) atoms. The van der Waals surface area contributed by atoms with E-state index in [2.05, 4.69) is 0 Å². The molecule has 1 N–H and O–H groups in total. The molecular weight excluding hydrogens is 220 g/mol. The van der Waals surface area contributed by atoms with Crippen molar-refractivity contribution in [2.24, 2.45) is 5.92 Å². The van der Waals surface area contributed by atoms with Gasteiger partial charge in [-0.15, -0.1) is 0 Å². The summed E-state index contributed by atoms with van der Waals surface area (Å²) in [6.45, 7) is 0.629. The van der Waals surface area contributed by atoms with Gasteiger partial charge in [-0.05, 0) is 42.5 Å². The van der Waals surface area contributed by atoms with Crippen LogP contribution in [0.25, 0.3) is 0 Å². The van der Waals surface area contributed by atoms with Crippen LogP contribution in [0.4, 0.5) is 0 Å². The molecule has 4 nitrogen and oxygen atoms in total. The van der Waals surface area contributed by atoms with Gasteiger partial charge in [-0.25, -0.2) is 4.79 Å². The molecule has 0 saturated heterocycles. The highest BCUT2D eigenvalue weighted by molar-refractivity contribution is 5.88. The Balaban J connectivity index is 2.15. The first kappa shape index (κ1) is 11.6. The van der Waals surface area contributed by atoms with Crippen LogP contribution in [-0.4, -0.2) is 24.0 Å². The first-order valence-electron chi connectivity index (χ1n) is 5.62. The summed E-state index contributed by atoms with van der Waals surface area (Å²) in [5, 5.41) is 8.95. The zero-order valence-corrected chi connectivity index (χ0v) is 9.39. The van der Waals surface area contributed by atoms with Crippen molar-refractivity contribution in [3.8, 4) is 5.75 Å². The Morgan fingerprint density at radius 3 is 2.76 bits per heavy atom. The molecular formula is C13H14O4. The fourth-order valence-corrected chi connectivity index (χ4v) is 1.58. The van der Waals surface area contributed by atoms with Gasteiger partial charge in [0.05, 0.1) is 12.2 Å². The maximum atomic E-state index is 10.9. The van der Waals surface area contributed by atoms with Crippen LogP contribution in [0.2, 0.25) is 0 Å². The van der Waals surface area contributed by atoms with Crippen molar-refractivity contribution >= 4 is 12.3 Å². The number of carbonyl (C=O) groups excluding carboxylic acids is 1. The second-order valence-corrected chi connectivity index (χ2v) is 4.30. The lowest BCUT2D eigenvalue weighted by molar-refractivity contribution is -0.107. The van der Waals surface area contributed by atoms with E-state index in [1.807, 2.05) is 0 Å². The van der Waals surface area contributed by atoms with Gasteiger partial charge in [0.2, 0.25) is 0 Å². The molecule has 1 saturated carbocycles. The molecule has 0 bridgehead atoms. The van der Waals surface area contributed by atoms with E-state index in [1.165, 1.54) is 25.0 Å². The molecule has 0 unspecified atom stereocenters. The van der Waals surface area contributed by atoms with Gasteiger partial charge in [0.15, 0.2) is 0 Å². The van der Waals surface area contributed by atoms with Crippen LogP contribution in [0.15, 0.2) is 18.2 Å². The van der Waals surface area contributed by atoms with Gasteiger partial charge >= 0.3 is 5.97 Å². The summed E-state index contributed by atoms with van der Waals surface area (Å²) in [4.78, 5) is 21.4. The lowest BCUT2D eigenvalue weighted by Crippen LogP contribution is -2.03. The summed E-state index contributed by atoms with van der Waals surface area (Å²) in [6.07, 6.45) is 3.33. The molecule has 0 amide bonds. The third-order valence-corrected chi connectivity index (χ3v) is 2.71. The Bertz CT molecular complexity index is 435. The van der Waals surface area contributed by atoms with E-state index in [1.54, 1.807) is 6.07 Å². The fourth-order valence-electron chi connectivity index (χ4n) is 1.58. The van der Waals surface area contributed by atoms with Crippen LogP contribution >= 0.6 is 0 Å². The topological polar surface area (TPSA) is 63.6 Å². The molecule has 0 spiro atoms. The molecule has 1 aromatic rings. The average molecular weight is 234 g/mol. The van der Waals surface area contributed by atoms with Crippen molar-refractivity contribution in [2.45, 2.75) is 19.3 Å². The van der Waals surface area contributed by atoms with E-state index < -0.39 is 5.97 Å². The Kier molecular flexibility index (Phi) is 3.42. The average Bonchev–Trinajstić information content (AvgIpc) is 3.10. The van der Waals surface area contributed by atoms with Gasteiger partial charge in [0, 0.05) is 6.42 Å². The molecule has 1 aliphatic carbocycles. The molecule has 90 valence electrons. The summed E-state index contributed by atoms with van der Waals surface area (Å²) in [6, 6.07) is 4.73. The highest BCUT2D eigenvalue weighted by atomic mass is 16.5. The van der Waals surface area contributed by atoms with Crippen LogP contribution < -0.4 is 4.74 Å². The van der Waals surface area contributed by atoms with Crippen LogP contribution in [0.3, 0.4) is 0 Å². The van der Waals surface area contributed by atoms with E-state index in [-0.39, 0.29) is 12.0 Å². The molecule has 1 aromatic carbocycles.